The van der Waals surface area contributed by atoms with Crippen LogP contribution in [0, 0.1) is 11.2 Å². The van der Waals surface area contributed by atoms with E-state index in [1.807, 2.05) is 0 Å². The molecule has 2 rings (SSSR count). The average molecular weight is 328 g/mol. The molecule has 5 nitrogen and oxygen atoms in total. The molecular formula is C15H21FN2O3S. The van der Waals surface area contributed by atoms with E-state index in [-0.39, 0.29) is 24.8 Å². The van der Waals surface area contributed by atoms with Gasteiger partial charge in [-0.1, -0.05) is 12.1 Å². The first-order valence-electron chi connectivity index (χ1n) is 7.19. The lowest BCUT2D eigenvalue weighted by Crippen LogP contribution is -2.51. The highest BCUT2D eigenvalue weighted by molar-refractivity contribution is 7.88. The maximum Gasteiger partial charge on any atom is 0.227 e. The molecule has 1 atom stereocenters. The summed E-state index contributed by atoms with van der Waals surface area (Å²) in [5.74, 6) is -0.552. The van der Waals surface area contributed by atoms with Crippen molar-refractivity contribution in [1.29, 1.82) is 0 Å². The van der Waals surface area contributed by atoms with Crippen LogP contribution in [0.15, 0.2) is 24.3 Å². The van der Waals surface area contributed by atoms with E-state index < -0.39 is 15.4 Å². The largest absolute Gasteiger partial charge is 0.352 e. The molecule has 1 aliphatic rings. The minimum Gasteiger partial charge on any atom is -0.352 e. The van der Waals surface area contributed by atoms with Crippen LogP contribution in [0.5, 0.6) is 0 Å². The standard InChI is InChI=1S/C15H21FN2O3S/c1-15(7-4-8-18(11-15)22(2,20)21)14(19)17-10-12-5-3-6-13(16)9-12/h3,5-6,9H,4,7-8,10-11H2,1-2H3,(H,17,19)/t15-/m0/s1. The molecule has 0 unspecified atom stereocenters. The number of benzene rings is 1. The van der Waals surface area contributed by atoms with Crippen molar-refractivity contribution in [3.05, 3.63) is 35.6 Å². The fraction of sp³-hybridized carbons (Fsp3) is 0.533. The van der Waals surface area contributed by atoms with E-state index in [2.05, 4.69) is 5.32 Å². The highest BCUT2D eigenvalue weighted by Gasteiger charge is 2.40. The molecule has 1 aromatic rings. The molecule has 0 radical (unpaired) electrons. The van der Waals surface area contributed by atoms with Crippen molar-refractivity contribution >= 4 is 15.9 Å². The van der Waals surface area contributed by atoms with Gasteiger partial charge in [-0.05, 0) is 37.5 Å². The Labute approximate surface area is 130 Å². The minimum atomic E-state index is -3.30. The second kappa shape index (κ2) is 6.34. The lowest BCUT2D eigenvalue weighted by molar-refractivity contribution is -0.132. The summed E-state index contributed by atoms with van der Waals surface area (Å²) in [6.07, 6.45) is 2.44. The molecule has 1 fully saturated rings. The number of sulfonamides is 1. The Morgan fingerprint density at radius 2 is 2.18 bits per heavy atom. The van der Waals surface area contributed by atoms with Crippen LogP contribution in [0.25, 0.3) is 0 Å². The van der Waals surface area contributed by atoms with Crippen LogP contribution in [-0.4, -0.2) is 38.0 Å². The Hall–Kier alpha value is -1.47. The van der Waals surface area contributed by atoms with Crippen LogP contribution in [0.4, 0.5) is 4.39 Å². The van der Waals surface area contributed by atoms with Gasteiger partial charge in [0, 0.05) is 19.6 Å². The monoisotopic (exact) mass is 328 g/mol. The topological polar surface area (TPSA) is 66.5 Å². The predicted octanol–water partition coefficient (Wildman–Crippen LogP) is 1.50. The molecule has 22 heavy (non-hydrogen) atoms. The number of halogens is 1. The first-order chi connectivity index (χ1) is 10.2. The molecule has 1 N–H and O–H groups in total. The number of hydrogen-bond acceptors (Lipinski definition) is 3. The number of nitrogens with one attached hydrogen (secondary N) is 1. The number of piperidine rings is 1. The average Bonchev–Trinajstić information content (AvgIpc) is 2.44. The van der Waals surface area contributed by atoms with Gasteiger partial charge in [0.25, 0.3) is 0 Å². The van der Waals surface area contributed by atoms with Gasteiger partial charge in [0.05, 0.1) is 11.7 Å². The van der Waals surface area contributed by atoms with Gasteiger partial charge < -0.3 is 5.32 Å². The minimum absolute atomic E-state index is 0.181. The molecule has 1 saturated heterocycles. The van der Waals surface area contributed by atoms with Gasteiger partial charge in [-0.3, -0.25) is 4.79 Å². The van der Waals surface area contributed by atoms with Crippen molar-refractivity contribution in [3.63, 3.8) is 0 Å². The first kappa shape index (κ1) is 16.9. The molecule has 7 heteroatoms. The van der Waals surface area contributed by atoms with E-state index in [0.29, 0.717) is 24.9 Å². The van der Waals surface area contributed by atoms with E-state index in [0.717, 1.165) is 6.26 Å². The van der Waals surface area contributed by atoms with Crippen LogP contribution in [-0.2, 0) is 21.4 Å². The van der Waals surface area contributed by atoms with Crippen LogP contribution in [0.3, 0.4) is 0 Å². The fourth-order valence-electron chi connectivity index (χ4n) is 2.70. The molecule has 1 amide bonds. The van der Waals surface area contributed by atoms with Gasteiger partial charge in [-0.2, -0.15) is 0 Å². The summed E-state index contributed by atoms with van der Waals surface area (Å²) >= 11 is 0. The maximum atomic E-state index is 13.1. The number of nitrogens with zero attached hydrogens (tertiary/aromatic N) is 1. The van der Waals surface area contributed by atoms with E-state index in [9.17, 15) is 17.6 Å². The lowest BCUT2D eigenvalue weighted by Gasteiger charge is -2.38. The Kier molecular flexibility index (Phi) is 4.87. The normalized spacial score (nSPS) is 23.2. The van der Waals surface area contributed by atoms with Crippen molar-refractivity contribution < 1.29 is 17.6 Å². The van der Waals surface area contributed by atoms with E-state index >= 15 is 0 Å². The second-order valence-corrected chi connectivity index (χ2v) is 8.06. The summed E-state index contributed by atoms with van der Waals surface area (Å²) in [7, 11) is -3.30. The van der Waals surface area contributed by atoms with Crippen LogP contribution < -0.4 is 5.32 Å². The number of amides is 1. The van der Waals surface area contributed by atoms with Gasteiger partial charge in [-0.25, -0.2) is 17.1 Å². The van der Waals surface area contributed by atoms with Gasteiger partial charge in [0.2, 0.25) is 15.9 Å². The predicted molar refractivity (Wildman–Crippen MR) is 82.0 cm³/mol. The van der Waals surface area contributed by atoms with Crippen molar-refractivity contribution in [2.24, 2.45) is 5.41 Å². The number of carbonyl (C=O) groups excluding carboxylic acids is 1. The van der Waals surface area contributed by atoms with Crippen molar-refractivity contribution in [2.45, 2.75) is 26.3 Å². The molecule has 0 aromatic heterocycles. The Balaban J connectivity index is 2.01. The van der Waals surface area contributed by atoms with Crippen molar-refractivity contribution in [3.8, 4) is 0 Å². The maximum absolute atomic E-state index is 13.1. The number of hydrogen-bond donors (Lipinski definition) is 1. The Morgan fingerprint density at radius 3 is 2.82 bits per heavy atom. The Morgan fingerprint density at radius 1 is 1.45 bits per heavy atom. The van der Waals surface area contributed by atoms with Crippen molar-refractivity contribution in [2.75, 3.05) is 19.3 Å². The first-order valence-corrected chi connectivity index (χ1v) is 9.03. The molecule has 122 valence electrons. The SMILES string of the molecule is C[C@]1(C(=O)NCc2cccc(F)c2)CCCN(S(C)(=O)=O)C1. The quantitative estimate of drug-likeness (QED) is 0.911. The fourth-order valence-corrected chi connectivity index (χ4v) is 3.68. The van der Waals surface area contributed by atoms with Crippen LogP contribution >= 0.6 is 0 Å². The van der Waals surface area contributed by atoms with Gasteiger partial charge in [-0.15, -0.1) is 0 Å². The number of carbonyl (C=O) groups is 1. The zero-order valence-corrected chi connectivity index (χ0v) is 13.6. The lowest BCUT2D eigenvalue weighted by atomic mass is 9.82. The molecule has 0 saturated carbocycles. The summed E-state index contributed by atoms with van der Waals surface area (Å²) < 4.78 is 37.8. The summed E-state index contributed by atoms with van der Waals surface area (Å²) in [5, 5.41) is 2.78. The zero-order chi connectivity index (χ0) is 16.4. The van der Waals surface area contributed by atoms with E-state index in [1.165, 1.54) is 16.4 Å². The Bertz CT molecular complexity index is 663. The molecule has 0 aliphatic carbocycles. The summed E-state index contributed by atoms with van der Waals surface area (Å²) in [4.78, 5) is 12.4. The van der Waals surface area contributed by atoms with Gasteiger partial charge in [0.15, 0.2) is 0 Å². The second-order valence-electron chi connectivity index (χ2n) is 6.07. The summed E-state index contributed by atoms with van der Waals surface area (Å²) in [5.41, 5.74) is -0.0815. The van der Waals surface area contributed by atoms with Gasteiger partial charge in [0.1, 0.15) is 5.82 Å². The molecular weight excluding hydrogens is 307 g/mol. The molecule has 0 spiro atoms. The van der Waals surface area contributed by atoms with Crippen LogP contribution in [0.1, 0.15) is 25.3 Å². The van der Waals surface area contributed by atoms with Gasteiger partial charge >= 0.3 is 0 Å². The third-order valence-corrected chi connectivity index (χ3v) is 5.27. The van der Waals surface area contributed by atoms with Crippen molar-refractivity contribution in [1.82, 2.24) is 9.62 Å². The van der Waals surface area contributed by atoms with E-state index in [4.69, 9.17) is 0 Å². The smallest absolute Gasteiger partial charge is 0.227 e. The summed E-state index contributed by atoms with van der Waals surface area (Å²) in [6.45, 7) is 2.63. The number of rotatable bonds is 4. The van der Waals surface area contributed by atoms with E-state index in [1.54, 1.807) is 19.1 Å². The molecule has 1 heterocycles. The molecule has 1 aliphatic heterocycles. The molecule has 1 aromatic carbocycles. The zero-order valence-electron chi connectivity index (χ0n) is 12.8. The highest BCUT2D eigenvalue weighted by Crippen LogP contribution is 2.31. The third-order valence-electron chi connectivity index (χ3n) is 4.02. The molecule has 0 bridgehead atoms. The highest BCUT2D eigenvalue weighted by atomic mass is 32.2. The van der Waals surface area contributed by atoms with Crippen LogP contribution in [0.2, 0.25) is 0 Å². The summed E-state index contributed by atoms with van der Waals surface area (Å²) in [6, 6.07) is 6.03. The third kappa shape index (κ3) is 4.04.